The third kappa shape index (κ3) is 2.79. The van der Waals surface area contributed by atoms with E-state index in [9.17, 15) is 0 Å². The molecule has 1 heterocycles. The van der Waals surface area contributed by atoms with E-state index >= 15 is 0 Å². The van der Waals surface area contributed by atoms with Gasteiger partial charge in [0.1, 0.15) is 7.28 Å². The maximum atomic E-state index is 3.88. The van der Waals surface area contributed by atoms with Crippen molar-refractivity contribution in [2.75, 3.05) is 0 Å². The molecule has 0 aliphatic heterocycles. The van der Waals surface area contributed by atoms with Crippen molar-refractivity contribution in [2.45, 2.75) is 20.7 Å². The van der Waals surface area contributed by atoms with Gasteiger partial charge >= 0.3 is 0 Å². The Morgan fingerprint density at radius 3 is 2.65 bits per heavy atom. The van der Waals surface area contributed by atoms with E-state index in [0.29, 0.717) is 0 Å². The van der Waals surface area contributed by atoms with E-state index < -0.39 is 0 Å². The average molecular weight is 315 g/mol. The fraction of sp³-hybridized carbons (Fsp3) is 0.143. The zero-order chi connectivity index (χ0) is 16.4. The fourth-order valence-corrected chi connectivity index (χ4v) is 4.17. The van der Waals surface area contributed by atoms with E-state index in [-0.39, 0.29) is 0 Å². The Bertz CT molecular complexity index is 941. The van der Waals surface area contributed by atoms with Gasteiger partial charge in [-0.25, -0.2) is 0 Å². The van der Waals surface area contributed by atoms with Crippen LogP contribution >= 0.6 is 11.3 Å². The maximum Gasteiger partial charge on any atom is 0.148 e. The molecule has 0 bridgehead atoms. The van der Waals surface area contributed by atoms with Gasteiger partial charge in [0.25, 0.3) is 0 Å². The third-order valence-electron chi connectivity index (χ3n) is 4.13. The van der Waals surface area contributed by atoms with Gasteiger partial charge in [-0.3, -0.25) is 0 Å². The summed E-state index contributed by atoms with van der Waals surface area (Å²) in [5, 5.41) is 2.71. The molecule has 1 aromatic heterocycles. The highest BCUT2D eigenvalue weighted by atomic mass is 32.1. The Hall–Kier alpha value is -2.06. The highest BCUT2D eigenvalue weighted by Gasteiger charge is 2.13. The van der Waals surface area contributed by atoms with Crippen molar-refractivity contribution >= 4 is 49.8 Å². The Morgan fingerprint density at radius 1 is 1.17 bits per heavy atom. The first kappa shape index (κ1) is 15.8. The highest BCUT2D eigenvalue weighted by Crippen LogP contribution is 2.39. The fourth-order valence-electron chi connectivity index (χ4n) is 3.07. The van der Waals surface area contributed by atoms with Gasteiger partial charge in [0.15, 0.2) is 0 Å². The number of thiophene rings is 1. The first-order chi connectivity index (χ1) is 11.2. The number of fused-ring (bicyclic) bond motifs is 3. The molecule has 113 valence electrons. The van der Waals surface area contributed by atoms with Gasteiger partial charge in [0.2, 0.25) is 0 Å². The van der Waals surface area contributed by atoms with Crippen LogP contribution in [-0.4, -0.2) is 7.28 Å². The molecule has 2 heteroatoms. The van der Waals surface area contributed by atoms with E-state index in [0.717, 1.165) is 0 Å². The quantitative estimate of drug-likeness (QED) is 0.416. The van der Waals surface area contributed by atoms with Crippen LogP contribution < -0.4 is 5.46 Å². The lowest BCUT2D eigenvalue weighted by Gasteiger charge is -2.10. The SMILES string of the molecule is C=C/C=C(\C=C/C)c1c(C)ccc2sc3ccc([B]C)cc3c12. The normalized spacial score (nSPS) is 12.4. The second kappa shape index (κ2) is 6.60. The van der Waals surface area contributed by atoms with Crippen LogP contribution in [0.2, 0.25) is 6.82 Å². The van der Waals surface area contributed by atoms with E-state index in [1.165, 1.54) is 42.3 Å². The summed E-state index contributed by atoms with van der Waals surface area (Å²) in [6.45, 7) is 10.2. The van der Waals surface area contributed by atoms with Crippen molar-refractivity contribution in [3.63, 3.8) is 0 Å². The zero-order valence-corrected chi connectivity index (χ0v) is 14.7. The molecule has 0 saturated carbocycles. The number of allylic oxidation sites excluding steroid dienone is 5. The lowest BCUT2D eigenvalue weighted by molar-refractivity contribution is 1.47. The van der Waals surface area contributed by atoms with Gasteiger partial charge in [-0.2, -0.15) is 0 Å². The first-order valence-electron chi connectivity index (χ1n) is 7.90. The Labute approximate surface area is 143 Å². The van der Waals surface area contributed by atoms with E-state index in [2.05, 4.69) is 83.1 Å². The van der Waals surface area contributed by atoms with Crippen LogP contribution in [0.3, 0.4) is 0 Å². The summed E-state index contributed by atoms with van der Waals surface area (Å²) in [7, 11) is 2.16. The smallest absolute Gasteiger partial charge is 0.135 e. The standard InChI is InChI=1S/C21H20BS/c1-5-7-15(8-6-2)20-14(3)9-11-19-21(20)17-13-16(22-4)10-12-18(17)23-19/h5-13H,1H2,2-4H3/b8-6-,15-7+. The van der Waals surface area contributed by atoms with Gasteiger partial charge in [-0.1, -0.05) is 61.4 Å². The lowest BCUT2D eigenvalue weighted by atomic mass is 9.73. The molecule has 0 fully saturated rings. The number of benzene rings is 2. The van der Waals surface area contributed by atoms with Crippen molar-refractivity contribution < 1.29 is 0 Å². The average Bonchev–Trinajstić information content (AvgIpc) is 2.92. The minimum atomic E-state index is 1.22. The van der Waals surface area contributed by atoms with Crippen LogP contribution in [0.25, 0.3) is 25.7 Å². The minimum absolute atomic E-state index is 1.22. The third-order valence-corrected chi connectivity index (χ3v) is 5.27. The van der Waals surface area contributed by atoms with Gasteiger partial charge < -0.3 is 0 Å². The molecule has 0 aliphatic carbocycles. The van der Waals surface area contributed by atoms with E-state index in [1.54, 1.807) is 0 Å². The van der Waals surface area contributed by atoms with Gasteiger partial charge in [0.05, 0.1) is 0 Å². The van der Waals surface area contributed by atoms with Crippen molar-refractivity contribution in [3.05, 3.63) is 72.3 Å². The summed E-state index contributed by atoms with van der Waals surface area (Å²) in [5.41, 5.74) is 5.11. The highest BCUT2D eigenvalue weighted by molar-refractivity contribution is 7.25. The molecule has 0 nitrogen and oxygen atoms in total. The molecule has 3 rings (SSSR count). The van der Waals surface area contributed by atoms with Gasteiger partial charge in [0, 0.05) is 20.2 Å². The molecular weight excluding hydrogens is 295 g/mol. The maximum absolute atomic E-state index is 3.88. The van der Waals surface area contributed by atoms with Crippen LogP contribution in [0.15, 0.2) is 61.2 Å². The monoisotopic (exact) mass is 315 g/mol. The predicted octanol–water partition coefficient (Wildman–Crippen LogP) is 5.89. The summed E-state index contributed by atoms with van der Waals surface area (Å²) < 4.78 is 2.68. The topological polar surface area (TPSA) is 0 Å². The molecule has 0 unspecified atom stereocenters. The van der Waals surface area contributed by atoms with E-state index in [4.69, 9.17) is 0 Å². The van der Waals surface area contributed by atoms with Crippen LogP contribution in [0.5, 0.6) is 0 Å². The zero-order valence-electron chi connectivity index (χ0n) is 13.9. The summed E-state index contributed by atoms with van der Waals surface area (Å²) >= 11 is 1.87. The molecular formula is C21H20BS. The molecule has 0 aliphatic rings. The second-order valence-corrected chi connectivity index (χ2v) is 6.72. The number of rotatable bonds is 4. The molecule has 0 atom stereocenters. The summed E-state index contributed by atoms with van der Waals surface area (Å²) in [5.74, 6) is 0. The number of hydrogen-bond acceptors (Lipinski definition) is 1. The Balaban J connectivity index is 2.46. The number of aryl methyl sites for hydroxylation is 1. The molecule has 0 amide bonds. The molecule has 0 N–H and O–H groups in total. The molecule has 23 heavy (non-hydrogen) atoms. The Morgan fingerprint density at radius 2 is 1.96 bits per heavy atom. The van der Waals surface area contributed by atoms with Crippen LogP contribution in [0, 0.1) is 6.92 Å². The summed E-state index contributed by atoms with van der Waals surface area (Å²) in [6.07, 6.45) is 8.23. The van der Waals surface area contributed by atoms with Crippen LogP contribution in [0.4, 0.5) is 0 Å². The Kier molecular flexibility index (Phi) is 4.54. The van der Waals surface area contributed by atoms with Gasteiger partial charge in [-0.15, -0.1) is 11.3 Å². The van der Waals surface area contributed by atoms with Crippen LogP contribution in [0.1, 0.15) is 18.1 Å². The molecule has 3 aromatic rings. The van der Waals surface area contributed by atoms with Crippen molar-refractivity contribution in [3.8, 4) is 0 Å². The second-order valence-electron chi connectivity index (χ2n) is 5.63. The van der Waals surface area contributed by atoms with E-state index in [1.807, 2.05) is 17.4 Å². The predicted molar refractivity (Wildman–Crippen MR) is 108 cm³/mol. The lowest BCUT2D eigenvalue weighted by Crippen LogP contribution is -2.08. The molecule has 0 spiro atoms. The van der Waals surface area contributed by atoms with Crippen molar-refractivity contribution in [1.29, 1.82) is 0 Å². The van der Waals surface area contributed by atoms with Crippen molar-refractivity contribution in [1.82, 2.24) is 0 Å². The van der Waals surface area contributed by atoms with Crippen LogP contribution in [-0.2, 0) is 0 Å². The largest absolute Gasteiger partial charge is 0.148 e. The first-order valence-corrected chi connectivity index (χ1v) is 8.72. The number of hydrogen-bond donors (Lipinski definition) is 0. The molecule has 0 saturated heterocycles. The van der Waals surface area contributed by atoms with Crippen molar-refractivity contribution in [2.24, 2.45) is 0 Å². The minimum Gasteiger partial charge on any atom is -0.135 e. The van der Waals surface area contributed by atoms with Gasteiger partial charge in [-0.05, 0) is 42.7 Å². The molecule has 1 radical (unpaired) electrons. The summed E-state index contributed by atoms with van der Waals surface area (Å²) in [4.78, 5) is 0. The molecule has 2 aromatic carbocycles. The summed E-state index contributed by atoms with van der Waals surface area (Å²) in [6, 6.07) is 11.2.